The molecule has 0 radical (unpaired) electrons. The Labute approximate surface area is 147 Å². The highest BCUT2D eigenvalue weighted by atomic mass is 35.5. The lowest BCUT2D eigenvalue weighted by Crippen LogP contribution is -2.21. The van der Waals surface area contributed by atoms with E-state index in [1.807, 2.05) is 0 Å². The Kier molecular flexibility index (Phi) is 5.71. The van der Waals surface area contributed by atoms with Crippen molar-refractivity contribution in [2.75, 3.05) is 17.7 Å². The minimum Gasteiger partial charge on any atom is -0.452 e. The Bertz CT molecular complexity index is 766. The number of nitrogens with two attached hydrogens (primary N) is 1. The van der Waals surface area contributed by atoms with Gasteiger partial charge in [0, 0.05) is 10.7 Å². The quantitative estimate of drug-likeness (QED) is 0.626. The third kappa shape index (κ3) is 4.51. The van der Waals surface area contributed by atoms with Crippen LogP contribution < -0.4 is 11.1 Å². The summed E-state index contributed by atoms with van der Waals surface area (Å²) in [6, 6.07) is 9.17. The van der Waals surface area contributed by atoms with E-state index in [-0.39, 0.29) is 16.3 Å². The second kappa shape index (κ2) is 7.55. The van der Waals surface area contributed by atoms with Gasteiger partial charge in [-0.25, -0.2) is 4.79 Å². The van der Waals surface area contributed by atoms with E-state index < -0.39 is 18.5 Å². The summed E-state index contributed by atoms with van der Waals surface area (Å²) in [7, 11) is 0. The number of nitrogens with one attached hydrogen (secondary N) is 1. The van der Waals surface area contributed by atoms with Crippen LogP contribution in [0.3, 0.4) is 0 Å². The zero-order valence-corrected chi connectivity index (χ0v) is 13.9. The van der Waals surface area contributed by atoms with Gasteiger partial charge in [0.25, 0.3) is 5.91 Å². The molecule has 0 aliphatic heterocycles. The highest BCUT2D eigenvalue weighted by Crippen LogP contribution is 2.29. The molecule has 0 aliphatic carbocycles. The number of benzene rings is 2. The Morgan fingerprint density at radius 3 is 2.61 bits per heavy atom. The first-order chi connectivity index (χ1) is 10.9. The fourth-order valence-corrected chi connectivity index (χ4v) is 2.22. The molecule has 0 bridgehead atoms. The summed E-state index contributed by atoms with van der Waals surface area (Å²) in [5.41, 5.74) is 6.28. The molecule has 0 spiro atoms. The molecule has 1 amide bonds. The number of esters is 1. The van der Waals surface area contributed by atoms with Crippen LogP contribution in [-0.2, 0) is 9.53 Å². The molecule has 2 rings (SSSR count). The topological polar surface area (TPSA) is 81.4 Å². The molecule has 0 saturated carbocycles. The number of nitrogen functional groups attached to an aromatic ring is 1. The number of hydrogen-bond donors (Lipinski definition) is 2. The highest BCUT2D eigenvalue weighted by Gasteiger charge is 2.15. The lowest BCUT2D eigenvalue weighted by atomic mass is 10.2. The smallest absolute Gasteiger partial charge is 0.340 e. The molecule has 120 valence electrons. The van der Waals surface area contributed by atoms with Gasteiger partial charge in [-0.05, 0) is 30.3 Å². The maximum Gasteiger partial charge on any atom is 0.340 e. The van der Waals surface area contributed by atoms with Gasteiger partial charge in [0.1, 0.15) is 0 Å². The first-order valence-electron chi connectivity index (χ1n) is 6.34. The third-order valence-corrected chi connectivity index (χ3v) is 3.85. The van der Waals surface area contributed by atoms with Gasteiger partial charge in [-0.2, -0.15) is 0 Å². The molecule has 2 aromatic carbocycles. The summed E-state index contributed by atoms with van der Waals surface area (Å²) in [5, 5.41) is 3.33. The van der Waals surface area contributed by atoms with Gasteiger partial charge in [-0.3, -0.25) is 4.79 Å². The maximum atomic E-state index is 11.9. The molecule has 0 aromatic heterocycles. The predicted octanol–water partition coefficient (Wildman–Crippen LogP) is 4.02. The monoisotopic (exact) mass is 372 g/mol. The minimum absolute atomic E-state index is 0.0890. The van der Waals surface area contributed by atoms with Gasteiger partial charge in [0.2, 0.25) is 0 Å². The Balaban J connectivity index is 1.98. The van der Waals surface area contributed by atoms with Crippen LogP contribution >= 0.6 is 34.8 Å². The molecule has 0 fully saturated rings. The van der Waals surface area contributed by atoms with E-state index in [1.165, 1.54) is 12.1 Å². The fourth-order valence-electron chi connectivity index (χ4n) is 1.70. The standard InChI is InChI=1S/C15H11Cl3N2O3/c16-8-4-5-11(19)9(6-8)15(22)23-7-13(21)20-12-3-1-2-10(17)14(12)18/h1-6H,7,19H2,(H,20,21). The van der Waals surface area contributed by atoms with Crippen molar-refractivity contribution in [2.45, 2.75) is 0 Å². The zero-order chi connectivity index (χ0) is 17.0. The lowest BCUT2D eigenvalue weighted by molar-refractivity contribution is -0.119. The Morgan fingerprint density at radius 2 is 1.87 bits per heavy atom. The fraction of sp³-hybridized carbons (Fsp3) is 0.0667. The van der Waals surface area contributed by atoms with Gasteiger partial charge in [0.15, 0.2) is 6.61 Å². The summed E-state index contributed by atoms with van der Waals surface area (Å²) in [6.07, 6.45) is 0. The van der Waals surface area contributed by atoms with Crippen LogP contribution in [0.5, 0.6) is 0 Å². The van der Waals surface area contributed by atoms with Gasteiger partial charge >= 0.3 is 5.97 Å². The van der Waals surface area contributed by atoms with E-state index >= 15 is 0 Å². The van der Waals surface area contributed by atoms with Crippen LogP contribution in [-0.4, -0.2) is 18.5 Å². The van der Waals surface area contributed by atoms with Gasteiger partial charge < -0.3 is 15.8 Å². The molecule has 0 atom stereocenters. The number of carbonyl (C=O) groups is 2. The van der Waals surface area contributed by atoms with Crippen LogP contribution in [0, 0.1) is 0 Å². The van der Waals surface area contributed by atoms with Crippen molar-refractivity contribution in [2.24, 2.45) is 0 Å². The molecular weight excluding hydrogens is 363 g/mol. The maximum absolute atomic E-state index is 11.9. The molecule has 0 unspecified atom stereocenters. The Hall–Kier alpha value is -1.95. The van der Waals surface area contributed by atoms with Gasteiger partial charge in [0.05, 0.1) is 21.3 Å². The van der Waals surface area contributed by atoms with E-state index in [2.05, 4.69) is 5.32 Å². The van der Waals surface area contributed by atoms with Crippen molar-refractivity contribution in [1.29, 1.82) is 0 Å². The molecular formula is C15H11Cl3N2O3. The number of halogens is 3. The number of amides is 1. The first kappa shape index (κ1) is 17.4. The van der Waals surface area contributed by atoms with E-state index in [0.29, 0.717) is 15.7 Å². The Morgan fingerprint density at radius 1 is 1.13 bits per heavy atom. The molecule has 8 heteroatoms. The van der Waals surface area contributed by atoms with Crippen LogP contribution in [0.25, 0.3) is 0 Å². The molecule has 3 N–H and O–H groups in total. The number of rotatable bonds is 4. The minimum atomic E-state index is -0.752. The van der Waals surface area contributed by atoms with Crippen molar-refractivity contribution in [3.05, 3.63) is 57.0 Å². The predicted molar refractivity (Wildman–Crippen MR) is 91.2 cm³/mol. The average Bonchev–Trinajstić information content (AvgIpc) is 2.52. The molecule has 5 nitrogen and oxygen atoms in total. The summed E-state index contributed by atoms with van der Waals surface area (Å²) < 4.78 is 4.90. The highest BCUT2D eigenvalue weighted by molar-refractivity contribution is 6.44. The molecule has 0 heterocycles. The first-order valence-corrected chi connectivity index (χ1v) is 7.48. The lowest BCUT2D eigenvalue weighted by Gasteiger charge is -2.09. The van der Waals surface area contributed by atoms with E-state index in [9.17, 15) is 9.59 Å². The summed E-state index contributed by atoms with van der Waals surface area (Å²) in [5.74, 6) is -1.32. The summed E-state index contributed by atoms with van der Waals surface area (Å²) in [6.45, 7) is -0.506. The normalized spacial score (nSPS) is 10.2. The van der Waals surface area contributed by atoms with Crippen molar-refractivity contribution in [3.8, 4) is 0 Å². The second-order valence-corrected chi connectivity index (χ2v) is 5.68. The molecule has 23 heavy (non-hydrogen) atoms. The van der Waals surface area contributed by atoms with Crippen molar-refractivity contribution >= 4 is 58.1 Å². The third-order valence-electron chi connectivity index (χ3n) is 2.80. The van der Waals surface area contributed by atoms with Crippen molar-refractivity contribution < 1.29 is 14.3 Å². The van der Waals surface area contributed by atoms with Crippen molar-refractivity contribution in [3.63, 3.8) is 0 Å². The van der Waals surface area contributed by atoms with Gasteiger partial charge in [-0.15, -0.1) is 0 Å². The largest absolute Gasteiger partial charge is 0.452 e. The van der Waals surface area contributed by atoms with Crippen LogP contribution in [0.2, 0.25) is 15.1 Å². The van der Waals surface area contributed by atoms with E-state index in [0.717, 1.165) is 0 Å². The number of ether oxygens (including phenoxy) is 1. The number of hydrogen-bond acceptors (Lipinski definition) is 4. The SMILES string of the molecule is Nc1ccc(Cl)cc1C(=O)OCC(=O)Nc1cccc(Cl)c1Cl. The molecule has 2 aromatic rings. The summed E-state index contributed by atoms with van der Waals surface area (Å²) >= 11 is 17.6. The molecule has 0 aliphatic rings. The van der Waals surface area contributed by atoms with Crippen LogP contribution in [0.1, 0.15) is 10.4 Å². The molecule has 0 saturated heterocycles. The summed E-state index contributed by atoms with van der Waals surface area (Å²) in [4.78, 5) is 23.7. The van der Waals surface area contributed by atoms with Gasteiger partial charge in [-0.1, -0.05) is 40.9 Å². The van der Waals surface area contributed by atoms with E-state index in [1.54, 1.807) is 24.3 Å². The van der Waals surface area contributed by atoms with E-state index in [4.69, 9.17) is 45.3 Å². The van der Waals surface area contributed by atoms with Crippen LogP contribution in [0.15, 0.2) is 36.4 Å². The average molecular weight is 374 g/mol. The number of anilines is 2. The zero-order valence-electron chi connectivity index (χ0n) is 11.6. The van der Waals surface area contributed by atoms with Crippen molar-refractivity contribution in [1.82, 2.24) is 0 Å². The second-order valence-electron chi connectivity index (χ2n) is 4.46. The van der Waals surface area contributed by atoms with Crippen LogP contribution in [0.4, 0.5) is 11.4 Å². The number of carbonyl (C=O) groups excluding carboxylic acids is 2.